The zero-order chi connectivity index (χ0) is 12.1. The number of aldehydes is 1. The van der Waals surface area contributed by atoms with Gasteiger partial charge in [0.2, 0.25) is 0 Å². The number of hydrogen-bond acceptors (Lipinski definition) is 3. The Labute approximate surface area is 102 Å². The first kappa shape index (κ1) is 11.9. The lowest BCUT2D eigenvalue weighted by Crippen LogP contribution is -2.30. The van der Waals surface area contributed by atoms with E-state index in [2.05, 4.69) is 11.0 Å². The lowest BCUT2D eigenvalue weighted by atomic mass is 10.1. The quantitative estimate of drug-likeness (QED) is 0.588. The van der Waals surface area contributed by atoms with Crippen molar-refractivity contribution in [3.05, 3.63) is 41.5 Å². The topological polar surface area (TPSA) is 29.5 Å². The third kappa shape index (κ3) is 2.74. The number of hydrogen-bond donors (Lipinski definition) is 0. The molecule has 0 N–H and O–H groups in total. The van der Waals surface area contributed by atoms with Gasteiger partial charge in [0, 0.05) is 31.5 Å². The van der Waals surface area contributed by atoms with Gasteiger partial charge >= 0.3 is 0 Å². The highest BCUT2D eigenvalue weighted by atomic mass is 16.5. The minimum atomic E-state index is 0.711. The van der Waals surface area contributed by atoms with Gasteiger partial charge in [0.05, 0.1) is 6.61 Å². The Bertz CT molecular complexity index is 426. The predicted molar refractivity (Wildman–Crippen MR) is 68.6 cm³/mol. The van der Waals surface area contributed by atoms with E-state index in [0.29, 0.717) is 6.61 Å². The molecule has 3 nitrogen and oxygen atoms in total. The van der Waals surface area contributed by atoms with Crippen molar-refractivity contribution < 1.29 is 9.53 Å². The summed E-state index contributed by atoms with van der Waals surface area (Å²) in [4.78, 5) is 13.2. The van der Waals surface area contributed by atoms with Crippen molar-refractivity contribution in [1.29, 1.82) is 0 Å². The van der Waals surface area contributed by atoms with Crippen LogP contribution in [-0.2, 0) is 4.74 Å². The van der Waals surface area contributed by atoms with E-state index in [4.69, 9.17) is 4.74 Å². The summed E-state index contributed by atoms with van der Waals surface area (Å²) in [6.07, 6.45) is 4.11. The summed E-state index contributed by atoms with van der Waals surface area (Å²) in [7, 11) is 1.72. The van der Waals surface area contributed by atoms with E-state index < -0.39 is 0 Å². The molecule has 1 aromatic rings. The van der Waals surface area contributed by atoms with Crippen LogP contribution in [0.1, 0.15) is 16.8 Å². The standard InChI is InChI=1S/C14H17NO2/c1-17-11-12-6-8-15(9-7-12)14-5-3-2-4-13(14)10-16/h2-6,10H,7-9,11H2,1H3. The first-order valence-electron chi connectivity index (χ1n) is 5.81. The summed E-state index contributed by atoms with van der Waals surface area (Å²) in [5.41, 5.74) is 3.12. The van der Waals surface area contributed by atoms with E-state index in [0.717, 1.165) is 37.0 Å². The molecular formula is C14H17NO2. The van der Waals surface area contributed by atoms with E-state index in [1.54, 1.807) is 7.11 Å². The molecule has 0 saturated carbocycles. The first-order chi connectivity index (χ1) is 8.35. The molecule has 0 aromatic heterocycles. The number of carbonyl (C=O) groups is 1. The highest BCUT2D eigenvalue weighted by Crippen LogP contribution is 2.22. The fourth-order valence-corrected chi connectivity index (χ4v) is 2.12. The maximum Gasteiger partial charge on any atom is 0.152 e. The van der Waals surface area contributed by atoms with Crippen molar-refractivity contribution in [2.45, 2.75) is 6.42 Å². The van der Waals surface area contributed by atoms with E-state index in [9.17, 15) is 4.79 Å². The largest absolute Gasteiger partial charge is 0.380 e. The van der Waals surface area contributed by atoms with E-state index in [-0.39, 0.29) is 0 Å². The molecule has 1 aromatic carbocycles. The summed E-state index contributed by atoms with van der Waals surface area (Å²) in [5.74, 6) is 0. The van der Waals surface area contributed by atoms with Crippen LogP contribution >= 0.6 is 0 Å². The van der Waals surface area contributed by atoms with Gasteiger partial charge in [0.15, 0.2) is 6.29 Å². The van der Waals surface area contributed by atoms with Crippen molar-refractivity contribution in [1.82, 2.24) is 0 Å². The second-order valence-electron chi connectivity index (χ2n) is 4.17. The highest BCUT2D eigenvalue weighted by molar-refractivity contribution is 5.84. The van der Waals surface area contributed by atoms with Crippen molar-refractivity contribution in [3.63, 3.8) is 0 Å². The van der Waals surface area contributed by atoms with E-state index in [1.165, 1.54) is 5.57 Å². The van der Waals surface area contributed by atoms with Gasteiger partial charge in [-0.3, -0.25) is 4.79 Å². The number of anilines is 1. The minimum absolute atomic E-state index is 0.711. The third-order valence-electron chi connectivity index (χ3n) is 3.04. The zero-order valence-corrected chi connectivity index (χ0v) is 10.1. The minimum Gasteiger partial charge on any atom is -0.380 e. The number of rotatable bonds is 4. The second-order valence-corrected chi connectivity index (χ2v) is 4.17. The predicted octanol–water partition coefficient (Wildman–Crippen LogP) is 2.28. The molecule has 17 heavy (non-hydrogen) atoms. The SMILES string of the molecule is COCC1=CCN(c2ccccc2C=O)CC1. The van der Waals surface area contributed by atoms with Gasteiger partial charge < -0.3 is 9.64 Å². The maximum absolute atomic E-state index is 11.0. The average molecular weight is 231 g/mol. The molecule has 0 saturated heterocycles. The van der Waals surface area contributed by atoms with Gasteiger partial charge in [-0.05, 0) is 24.1 Å². The first-order valence-corrected chi connectivity index (χ1v) is 5.81. The Morgan fingerprint density at radius 3 is 2.88 bits per heavy atom. The molecule has 1 aliphatic heterocycles. The van der Waals surface area contributed by atoms with Crippen LogP contribution in [0.3, 0.4) is 0 Å². The molecule has 0 aliphatic carbocycles. The van der Waals surface area contributed by atoms with Crippen LogP contribution in [0.5, 0.6) is 0 Å². The fourth-order valence-electron chi connectivity index (χ4n) is 2.12. The maximum atomic E-state index is 11.0. The number of methoxy groups -OCH3 is 1. The highest BCUT2D eigenvalue weighted by Gasteiger charge is 2.14. The molecule has 0 amide bonds. The van der Waals surface area contributed by atoms with Crippen molar-refractivity contribution in [2.24, 2.45) is 0 Å². The number of carbonyl (C=O) groups excluding carboxylic acids is 1. The zero-order valence-electron chi connectivity index (χ0n) is 10.1. The van der Waals surface area contributed by atoms with Crippen LogP contribution in [0.2, 0.25) is 0 Å². The van der Waals surface area contributed by atoms with E-state index in [1.807, 2.05) is 24.3 Å². The molecule has 1 heterocycles. The van der Waals surface area contributed by atoms with Gasteiger partial charge in [-0.1, -0.05) is 18.2 Å². The van der Waals surface area contributed by atoms with Crippen LogP contribution in [0, 0.1) is 0 Å². The smallest absolute Gasteiger partial charge is 0.152 e. The lowest BCUT2D eigenvalue weighted by molar-refractivity contribution is 0.112. The Hall–Kier alpha value is -1.61. The summed E-state index contributed by atoms with van der Waals surface area (Å²) < 4.78 is 5.12. The molecule has 0 fully saturated rings. The van der Waals surface area contributed by atoms with Crippen LogP contribution < -0.4 is 4.90 Å². The van der Waals surface area contributed by atoms with Gasteiger partial charge in [-0.25, -0.2) is 0 Å². The summed E-state index contributed by atoms with van der Waals surface area (Å²) in [6, 6.07) is 7.72. The third-order valence-corrected chi connectivity index (χ3v) is 3.04. The molecule has 1 aliphatic rings. The fraction of sp³-hybridized carbons (Fsp3) is 0.357. The van der Waals surface area contributed by atoms with Crippen molar-refractivity contribution >= 4 is 12.0 Å². The molecule has 90 valence electrons. The van der Waals surface area contributed by atoms with Gasteiger partial charge in [0.25, 0.3) is 0 Å². The molecule has 2 rings (SSSR count). The van der Waals surface area contributed by atoms with Crippen molar-refractivity contribution in [3.8, 4) is 0 Å². The van der Waals surface area contributed by atoms with Crippen molar-refractivity contribution in [2.75, 3.05) is 31.7 Å². The Kier molecular flexibility index (Phi) is 3.94. The van der Waals surface area contributed by atoms with E-state index >= 15 is 0 Å². The molecular weight excluding hydrogens is 214 g/mol. The number of ether oxygens (including phenoxy) is 1. The molecule has 3 heteroatoms. The van der Waals surface area contributed by atoms with Crippen LogP contribution in [-0.4, -0.2) is 33.1 Å². The monoisotopic (exact) mass is 231 g/mol. The number of para-hydroxylation sites is 1. The van der Waals surface area contributed by atoms with Crippen LogP contribution in [0.15, 0.2) is 35.9 Å². The number of nitrogens with zero attached hydrogens (tertiary/aromatic N) is 1. The summed E-state index contributed by atoms with van der Waals surface area (Å²) in [5, 5.41) is 0. The molecule has 0 bridgehead atoms. The van der Waals surface area contributed by atoms with Gasteiger partial charge in [-0.15, -0.1) is 0 Å². The lowest BCUT2D eigenvalue weighted by Gasteiger charge is -2.29. The van der Waals surface area contributed by atoms with Gasteiger partial charge in [0.1, 0.15) is 0 Å². The molecule has 0 radical (unpaired) electrons. The Morgan fingerprint density at radius 2 is 2.24 bits per heavy atom. The summed E-state index contributed by atoms with van der Waals surface area (Å²) in [6.45, 7) is 2.51. The molecule has 0 spiro atoms. The average Bonchev–Trinajstić information content (AvgIpc) is 2.40. The van der Waals surface area contributed by atoms with Crippen LogP contribution in [0.4, 0.5) is 5.69 Å². The Balaban J connectivity index is 2.12. The number of benzene rings is 1. The molecule has 0 atom stereocenters. The van der Waals surface area contributed by atoms with Gasteiger partial charge in [-0.2, -0.15) is 0 Å². The normalized spacial score (nSPS) is 15.6. The second kappa shape index (κ2) is 5.64. The summed E-state index contributed by atoms with van der Waals surface area (Å²) >= 11 is 0. The van der Waals surface area contributed by atoms with Crippen LogP contribution in [0.25, 0.3) is 0 Å². The molecule has 0 unspecified atom stereocenters. The Morgan fingerprint density at radius 1 is 1.41 bits per heavy atom.